The van der Waals surface area contributed by atoms with Crippen molar-refractivity contribution in [1.29, 1.82) is 0 Å². The second-order valence-electron chi connectivity index (χ2n) is 2.35. The number of ether oxygens (including phenoxy) is 1. The first-order valence-corrected chi connectivity index (χ1v) is 3.56. The Labute approximate surface area is 75.0 Å². The lowest BCUT2D eigenvalue weighted by Crippen LogP contribution is -2.21. The molecular weight excluding hydrogens is 173 g/mol. The minimum Gasteiger partial charge on any atom is -0.494 e. The maximum Gasteiger partial charge on any atom is 0.191 e. The zero-order chi connectivity index (χ0) is 9.84. The van der Waals surface area contributed by atoms with Gasteiger partial charge in [0.15, 0.2) is 5.96 Å². The molecule has 70 valence electrons. The molecule has 0 aromatic heterocycles. The highest BCUT2D eigenvalue weighted by atomic mass is 19.1. The maximum absolute atomic E-state index is 12.7. The molecule has 0 fully saturated rings. The number of hydrogen-bond donors (Lipinski definition) is 2. The summed E-state index contributed by atoms with van der Waals surface area (Å²) < 4.78 is 17.5. The molecular formula is C8H10FN3O. The molecule has 0 aliphatic heterocycles. The minimum atomic E-state index is -0.397. The summed E-state index contributed by atoms with van der Waals surface area (Å²) >= 11 is 0. The summed E-state index contributed by atoms with van der Waals surface area (Å²) in [7, 11) is 1.42. The van der Waals surface area contributed by atoms with Crippen molar-refractivity contribution in [3.05, 3.63) is 24.0 Å². The standard InChI is InChI=1S/C8H10FN3O/c1-13-7-4-5(9)2-3-6(7)12-8(10)11/h2-4H,1H3,(H4,10,11,12). The Morgan fingerprint density at radius 2 is 2.15 bits per heavy atom. The van der Waals surface area contributed by atoms with Crippen molar-refractivity contribution in [2.45, 2.75) is 0 Å². The van der Waals surface area contributed by atoms with Gasteiger partial charge in [-0.15, -0.1) is 0 Å². The number of halogens is 1. The van der Waals surface area contributed by atoms with E-state index in [2.05, 4.69) is 4.99 Å². The zero-order valence-corrected chi connectivity index (χ0v) is 7.12. The van der Waals surface area contributed by atoms with Crippen LogP contribution in [0.1, 0.15) is 0 Å². The van der Waals surface area contributed by atoms with Crippen molar-refractivity contribution in [2.24, 2.45) is 16.5 Å². The summed E-state index contributed by atoms with van der Waals surface area (Å²) in [5.74, 6) is -0.190. The third-order valence-electron chi connectivity index (χ3n) is 1.39. The number of nitrogens with zero attached hydrogens (tertiary/aromatic N) is 1. The smallest absolute Gasteiger partial charge is 0.191 e. The first kappa shape index (κ1) is 9.31. The molecule has 0 saturated carbocycles. The van der Waals surface area contributed by atoms with Crippen LogP contribution in [0.25, 0.3) is 0 Å². The van der Waals surface area contributed by atoms with Crippen molar-refractivity contribution in [3.63, 3.8) is 0 Å². The maximum atomic E-state index is 12.7. The summed E-state index contributed by atoms with van der Waals surface area (Å²) in [6.45, 7) is 0. The monoisotopic (exact) mass is 183 g/mol. The molecule has 0 amide bonds. The number of nitrogens with two attached hydrogens (primary N) is 2. The van der Waals surface area contributed by atoms with Crippen LogP contribution in [0, 0.1) is 5.82 Å². The van der Waals surface area contributed by atoms with E-state index >= 15 is 0 Å². The fourth-order valence-corrected chi connectivity index (χ4v) is 0.883. The molecule has 4 nitrogen and oxygen atoms in total. The van der Waals surface area contributed by atoms with Crippen LogP contribution in [-0.2, 0) is 0 Å². The highest BCUT2D eigenvalue weighted by Gasteiger charge is 2.02. The number of aliphatic imine (C=N–C) groups is 1. The largest absolute Gasteiger partial charge is 0.494 e. The normalized spacial score (nSPS) is 9.38. The topological polar surface area (TPSA) is 73.6 Å². The van der Waals surface area contributed by atoms with E-state index in [0.29, 0.717) is 11.4 Å². The Balaban J connectivity index is 3.14. The van der Waals surface area contributed by atoms with Gasteiger partial charge in [-0.1, -0.05) is 0 Å². The summed E-state index contributed by atoms with van der Waals surface area (Å²) in [5.41, 5.74) is 10.7. The first-order valence-electron chi connectivity index (χ1n) is 3.56. The van der Waals surface area contributed by atoms with E-state index in [1.54, 1.807) is 0 Å². The van der Waals surface area contributed by atoms with Gasteiger partial charge in [-0.2, -0.15) is 0 Å². The summed E-state index contributed by atoms with van der Waals surface area (Å²) in [6.07, 6.45) is 0. The summed E-state index contributed by atoms with van der Waals surface area (Å²) in [5, 5.41) is 0. The second-order valence-corrected chi connectivity index (χ2v) is 2.35. The first-order chi connectivity index (χ1) is 6.13. The van der Waals surface area contributed by atoms with Gasteiger partial charge >= 0.3 is 0 Å². The predicted molar refractivity (Wildman–Crippen MR) is 48.4 cm³/mol. The van der Waals surface area contributed by atoms with E-state index in [4.69, 9.17) is 16.2 Å². The zero-order valence-electron chi connectivity index (χ0n) is 7.12. The molecule has 0 aliphatic carbocycles. The molecule has 0 aliphatic rings. The minimum absolute atomic E-state index is 0.0927. The van der Waals surface area contributed by atoms with Crippen molar-refractivity contribution >= 4 is 11.6 Å². The third-order valence-corrected chi connectivity index (χ3v) is 1.39. The molecule has 5 heteroatoms. The van der Waals surface area contributed by atoms with Crippen LogP contribution in [0.5, 0.6) is 5.75 Å². The lowest BCUT2D eigenvalue weighted by Gasteiger charge is -2.03. The second kappa shape index (κ2) is 3.75. The van der Waals surface area contributed by atoms with Gasteiger partial charge in [0.1, 0.15) is 17.3 Å². The lowest BCUT2D eigenvalue weighted by molar-refractivity contribution is 0.412. The number of benzene rings is 1. The highest BCUT2D eigenvalue weighted by molar-refractivity contribution is 5.80. The van der Waals surface area contributed by atoms with E-state index in [9.17, 15) is 4.39 Å². The van der Waals surface area contributed by atoms with Crippen molar-refractivity contribution in [3.8, 4) is 5.75 Å². The van der Waals surface area contributed by atoms with Crippen LogP contribution in [0.4, 0.5) is 10.1 Å². The lowest BCUT2D eigenvalue weighted by atomic mass is 10.3. The molecule has 0 atom stereocenters. The molecule has 1 rings (SSSR count). The Hall–Kier alpha value is -1.78. The van der Waals surface area contributed by atoms with Gasteiger partial charge in [-0.05, 0) is 12.1 Å². The van der Waals surface area contributed by atoms with Gasteiger partial charge in [0.25, 0.3) is 0 Å². The fraction of sp³-hybridized carbons (Fsp3) is 0.125. The molecule has 4 N–H and O–H groups in total. The molecule has 13 heavy (non-hydrogen) atoms. The van der Waals surface area contributed by atoms with Crippen LogP contribution in [0.15, 0.2) is 23.2 Å². The number of guanidine groups is 1. The molecule has 1 aromatic carbocycles. The average molecular weight is 183 g/mol. The molecule has 0 spiro atoms. The van der Waals surface area contributed by atoms with Gasteiger partial charge in [0.05, 0.1) is 7.11 Å². The van der Waals surface area contributed by atoms with E-state index in [1.807, 2.05) is 0 Å². The Kier molecular flexibility index (Phi) is 2.69. The van der Waals surface area contributed by atoms with E-state index in [1.165, 1.54) is 25.3 Å². The third kappa shape index (κ3) is 2.33. The van der Waals surface area contributed by atoms with Crippen LogP contribution in [-0.4, -0.2) is 13.1 Å². The van der Waals surface area contributed by atoms with Gasteiger partial charge < -0.3 is 16.2 Å². The average Bonchev–Trinajstić information content (AvgIpc) is 2.07. The number of hydrogen-bond acceptors (Lipinski definition) is 2. The highest BCUT2D eigenvalue weighted by Crippen LogP contribution is 2.27. The van der Waals surface area contributed by atoms with Crippen LogP contribution in [0.2, 0.25) is 0 Å². The van der Waals surface area contributed by atoms with E-state index in [0.717, 1.165) is 0 Å². The molecule has 0 bridgehead atoms. The quantitative estimate of drug-likeness (QED) is 0.524. The summed E-state index contributed by atoms with van der Waals surface area (Å²) in [4.78, 5) is 3.75. The molecule has 0 unspecified atom stereocenters. The van der Waals surface area contributed by atoms with E-state index < -0.39 is 5.82 Å². The molecule has 0 heterocycles. The summed E-state index contributed by atoms with van der Waals surface area (Å²) in [6, 6.07) is 3.90. The van der Waals surface area contributed by atoms with Crippen LogP contribution >= 0.6 is 0 Å². The number of methoxy groups -OCH3 is 1. The van der Waals surface area contributed by atoms with Crippen molar-refractivity contribution in [1.82, 2.24) is 0 Å². The van der Waals surface area contributed by atoms with Crippen LogP contribution in [0.3, 0.4) is 0 Å². The predicted octanol–water partition coefficient (Wildman–Crippen LogP) is 0.739. The Morgan fingerprint density at radius 3 is 2.69 bits per heavy atom. The van der Waals surface area contributed by atoms with E-state index in [-0.39, 0.29) is 5.96 Å². The van der Waals surface area contributed by atoms with Gasteiger partial charge in [0, 0.05) is 6.07 Å². The number of rotatable bonds is 2. The molecule has 0 saturated heterocycles. The SMILES string of the molecule is COc1cc(F)ccc1N=C(N)N. The molecule has 1 aromatic rings. The van der Waals surface area contributed by atoms with Gasteiger partial charge in [0.2, 0.25) is 0 Å². The van der Waals surface area contributed by atoms with Crippen LogP contribution < -0.4 is 16.2 Å². The van der Waals surface area contributed by atoms with Crippen molar-refractivity contribution in [2.75, 3.05) is 7.11 Å². The Bertz CT molecular complexity index is 334. The van der Waals surface area contributed by atoms with Gasteiger partial charge in [-0.25, -0.2) is 9.38 Å². The Morgan fingerprint density at radius 1 is 1.46 bits per heavy atom. The molecule has 0 radical (unpaired) electrons. The van der Waals surface area contributed by atoms with Gasteiger partial charge in [-0.3, -0.25) is 0 Å². The fourth-order valence-electron chi connectivity index (χ4n) is 0.883. The van der Waals surface area contributed by atoms with Crippen molar-refractivity contribution < 1.29 is 9.13 Å².